The summed E-state index contributed by atoms with van der Waals surface area (Å²) in [6.45, 7) is 1.77. The lowest BCUT2D eigenvalue weighted by atomic mass is 10.2. The fourth-order valence-electron chi connectivity index (χ4n) is 2.37. The first kappa shape index (κ1) is 23.1. The van der Waals surface area contributed by atoms with Crippen molar-refractivity contribution in [3.63, 3.8) is 0 Å². The predicted octanol–water partition coefficient (Wildman–Crippen LogP) is 2.82. The lowest BCUT2D eigenvalue weighted by Gasteiger charge is -2.14. The van der Waals surface area contributed by atoms with E-state index in [-0.39, 0.29) is 17.2 Å². The first-order valence-corrected chi connectivity index (χ1v) is 11.1. The van der Waals surface area contributed by atoms with E-state index in [4.69, 9.17) is 4.74 Å². The number of ether oxygens (including phenoxy) is 1. The van der Waals surface area contributed by atoms with Crippen molar-refractivity contribution >= 4 is 25.7 Å². The molecule has 0 saturated heterocycles. The minimum atomic E-state index is -4.69. The van der Waals surface area contributed by atoms with Crippen molar-refractivity contribution in [2.24, 2.45) is 0 Å². The first-order valence-electron chi connectivity index (χ1n) is 8.16. The van der Waals surface area contributed by atoms with E-state index in [1.54, 1.807) is 6.92 Å². The molecule has 2 N–H and O–H groups in total. The maximum atomic E-state index is 12.8. The van der Waals surface area contributed by atoms with E-state index in [2.05, 4.69) is 9.44 Å². The largest absolute Gasteiger partial charge is 0.416 e. The molecule has 29 heavy (non-hydrogen) atoms. The molecular formula is C17H19F3N2O5S2. The summed E-state index contributed by atoms with van der Waals surface area (Å²) in [6, 6.07) is 7.54. The van der Waals surface area contributed by atoms with Crippen molar-refractivity contribution in [1.82, 2.24) is 4.72 Å². The Bertz CT molecular complexity index is 1050. The van der Waals surface area contributed by atoms with E-state index in [1.807, 2.05) is 0 Å². The number of benzene rings is 2. The van der Waals surface area contributed by atoms with E-state index >= 15 is 0 Å². The number of halogens is 3. The Kier molecular flexibility index (Phi) is 6.93. The highest BCUT2D eigenvalue weighted by Crippen LogP contribution is 2.31. The van der Waals surface area contributed by atoms with E-state index in [9.17, 15) is 30.0 Å². The number of nitrogens with one attached hydrogen (secondary N) is 2. The molecule has 12 heteroatoms. The minimum Gasteiger partial charge on any atom is -0.383 e. The van der Waals surface area contributed by atoms with E-state index in [0.29, 0.717) is 6.07 Å². The molecule has 0 radical (unpaired) electrons. The molecule has 2 rings (SSSR count). The third kappa shape index (κ3) is 6.16. The maximum Gasteiger partial charge on any atom is 0.416 e. The lowest BCUT2D eigenvalue weighted by molar-refractivity contribution is -0.137. The summed E-state index contributed by atoms with van der Waals surface area (Å²) >= 11 is 0. The number of rotatable bonds is 8. The molecule has 0 saturated carbocycles. The number of hydrogen-bond acceptors (Lipinski definition) is 5. The van der Waals surface area contributed by atoms with Crippen molar-refractivity contribution in [1.29, 1.82) is 0 Å². The third-order valence-electron chi connectivity index (χ3n) is 3.66. The zero-order valence-electron chi connectivity index (χ0n) is 15.4. The highest BCUT2D eigenvalue weighted by atomic mass is 32.2. The number of methoxy groups -OCH3 is 1. The fourth-order valence-corrected chi connectivity index (χ4v) is 4.71. The standard InChI is InChI=1S/C17H19F3N2O5S2/c1-12(11-27-2)21-28(23,24)15-8-6-14(7-9-15)22-29(25,26)16-5-3-4-13(10-16)17(18,19)20/h3-10,12,21-22H,11H2,1-2H3. The minimum absolute atomic E-state index is 0.00805. The monoisotopic (exact) mass is 452 g/mol. The molecule has 1 atom stereocenters. The van der Waals surface area contributed by atoms with E-state index < -0.39 is 42.7 Å². The van der Waals surface area contributed by atoms with Gasteiger partial charge >= 0.3 is 6.18 Å². The number of alkyl halides is 3. The van der Waals surface area contributed by atoms with E-state index in [1.165, 1.54) is 31.4 Å². The summed E-state index contributed by atoms with van der Waals surface area (Å²) < 4.78 is 97.0. The molecule has 7 nitrogen and oxygen atoms in total. The molecule has 160 valence electrons. The SMILES string of the molecule is COCC(C)NS(=O)(=O)c1ccc(NS(=O)(=O)c2cccc(C(F)(F)F)c2)cc1. The van der Waals surface area contributed by atoms with Gasteiger partial charge in [-0.1, -0.05) is 6.07 Å². The van der Waals surface area contributed by atoms with Gasteiger partial charge in [-0.3, -0.25) is 4.72 Å². The average molecular weight is 452 g/mol. The van der Waals surface area contributed by atoms with Crippen LogP contribution in [0.2, 0.25) is 0 Å². The molecule has 0 aromatic heterocycles. The summed E-state index contributed by atoms with van der Waals surface area (Å²) in [4.78, 5) is -0.679. The Morgan fingerprint density at radius 1 is 0.966 bits per heavy atom. The Morgan fingerprint density at radius 3 is 2.14 bits per heavy atom. The number of anilines is 1. The molecular weight excluding hydrogens is 433 g/mol. The second-order valence-electron chi connectivity index (χ2n) is 6.13. The van der Waals surface area contributed by atoms with Gasteiger partial charge in [0.1, 0.15) is 0 Å². The number of hydrogen-bond donors (Lipinski definition) is 2. The second kappa shape index (κ2) is 8.69. The van der Waals surface area contributed by atoms with Crippen LogP contribution in [0.4, 0.5) is 18.9 Å². The molecule has 2 aromatic rings. The topological polar surface area (TPSA) is 102 Å². The van der Waals surface area contributed by atoms with Gasteiger partial charge in [0.05, 0.1) is 22.0 Å². The van der Waals surface area contributed by atoms with Gasteiger partial charge in [-0.05, 0) is 49.4 Å². The lowest BCUT2D eigenvalue weighted by Crippen LogP contribution is -2.35. The van der Waals surface area contributed by atoms with Crippen molar-refractivity contribution in [2.45, 2.75) is 28.9 Å². The maximum absolute atomic E-state index is 12.8. The van der Waals surface area contributed by atoms with Crippen LogP contribution in [0.15, 0.2) is 58.3 Å². The first-order chi connectivity index (χ1) is 13.3. The smallest absolute Gasteiger partial charge is 0.383 e. The van der Waals surface area contributed by atoms with Crippen LogP contribution >= 0.6 is 0 Å². The van der Waals surface area contributed by atoms with Gasteiger partial charge in [-0.2, -0.15) is 13.2 Å². The summed E-state index contributed by atoms with van der Waals surface area (Å²) in [5.74, 6) is 0. The van der Waals surface area contributed by atoms with Crippen LogP contribution in [0.1, 0.15) is 12.5 Å². The van der Waals surface area contributed by atoms with Crippen LogP contribution in [0.25, 0.3) is 0 Å². The van der Waals surface area contributed by atoms with Crippen LogP contribution in [0.3, 0.4) is 0 Å². The summed E-state index contributed by atoms with van der Waals surface area (Å²) in [5.41, 5.74) is -1.11. The van der Waals surface area contributed by atoms with Crippen molar-refractivity contribution in [3.8, 4) is 0 Å². The molecule has 2 aromatic carbocycles. The van der Waals surface area contributed by atoms with Crippen LogP contribution in [-0.4, -0.2) is 36.6 Å². The van der Waals surface area contributed by atoms with Gasteiger partial charge < -0.3 is 4.74 Å². The van der Waals surface area contributed by atoms with Crippen molar-refractivity contribution in [2.75, 3.05) is 18.4 Å². The molecule has 0 aliphatic carbocycles. The van der Waals surface area contributed by atoms with Crippen LogP contribution < -0.4 is 9.44 Å². The van der Waals surface area contributed by atoms with Crippen molar-refractivity contribution < 1.29 is 34.7 Å². The van der Waals surface area contributed by atoms with Crippen LogP contribution in [0, 0.1) is 0 Å². The quantitative estimate of drug-likeness (QED) is 0.641. The van der Waals surface area contributed by atoms with Gasteiger partial charge in [0.25, 0.3) is 10.0 Å². The van der Waals surface area contributed by atoms with Gasteiger partial charge in [0.15, 0.2) is 0 Å². The molecule has 0 spiro atoms. The molecule has 0 fully saturated rings. The van der Waals surface area contributed by atoms with Gasteiger partial charge in [-0.15, -0.1) is 0 Å². The van der Waals surface area contributed by atoms with Crippen molar-refractivity contribution in [3.05, 3.63) is 54.1 Å². The average Bonchev–Trinajstić information content (AvgIpc) is 2.61. The summed E-state index contributed by atoms with van der Waals surface area (Å²) in [6.07, 6.45) is -4.69. The number of sulfonamides is 2. The zero-order valence-corrected chi connectivity index (χ0v) is 17.0. The second-order valence-corrected chi connectivity index (χ2v) is 9.53. The zero-order chi connectivity index (χ0) is 21.9. The molecule has 1 unspecified atom stereocenters. The molecule has 0 aliphatic rings. The van der Waals surface area contributed by atoms with Crippen LogP contribution in [0.5, 0.6) is 0 Å². The van der Waals surface area contributed by atoms with Gasteiger partial charge in [0, 0.05) is 18.8 Å². The summed E-state index contributed by atoms with van der Waals surface area (Å²) in [7, 11) is -6.72. The molecule has 0 bridgehead atoms. The summed E-state index contributed by atoms with van der Waals surface area (Å²) in [5, 5.41) is 0. The van der Waals surface area contributed by atoms with Gasteiger partial charge in [0.2, 0.25) is 10.0 Å². The molecule has 0 amide bonds. The normalized spacial score (nSPS) is 13.8. The highest BCUT2D eigenvalue weighted by molar-refractivity contribution is 7.92. The Hall–Kier alpha value is -2.15. The Balaban J connectivity index is 2.21. The highest BCUT2D eigenvalue weighted by Gasteiger charge is 2.31. The third-order valence-corrected chi connectivity index (χ3v) is 6.65. The molecule has 0 heterocycles. The van der Waals surface area contributed by atoms with Gasteiger partial charge in [-0.25, -0.2) is 21.6 Å². The Labute approximate surface area is 167 Å². The fraction of sp³-hybridized carbons (Fsp3) is 0.294. The predicted molar refractivity (Wildman–Crippen MR) is 100 cm³/mol. The van der Waals surface area contributed by atoms with E-state index in [0.717, 1.165) is 18.2 Å². The Morgan fingerprint density at radius 2 is 1.59 bits per heavy atom. The van der Waals surface area contributed by atoms with Crippen LogP contribution in [-0.2, 0) is 31.0 Å². The molecule has 0 aliphatic heterocycles.